The number of hydrogen-bond acceptors (Lipinski definition) is 3. The van der Waals surface area contributed by atoms with E-state index in [-0.39, 0.29) is 24.3 Å². The van der Waals surface area contributed by atoms with E-state index in [0.717, 1.165) is 6.42 Å². The Morgan fingerprint density at radius 1 is 1.03 bits per heavy atom. The van der Waals surface area contributed by atoms with Crippen LogP contribution in [0, 0.1) is 5.82 Å². The van der Waals surface area contributed by atoms with Crippen LogP contribution < -0.4 is 15.0 Å². The Morgan fingerprint density at radius 3 is 2.66 bits per heavy atom. The van der Waals surface area contributed by atoms with Crippen LogP contribution in [0.2, 0.25) is 0 Å². The fraction of sp³-hybridized carbons (Fsp3) is 0.200. The molecule has 0 saturated carbocycles. The Hall–Kier alpha value is -3.87. The van der Waals surface area contributed by atoms with Crippen molar-refractivity contribution in [1.29, 1.82) is 0 Å². The van der Waals surface area contributed by atoms with E-state index in [9.17, 15) is 14.0 Å². The maximum absolute atomic E-state index is 14.1. The zero-order chi connectivity index (χ0) is 22.5. The van der Waals surface area contributed by atoms with E-state index in [2.05, 4.69) is 5.32 Å². The third-order valence-electron chi connectivity index (χ3n) is 5.38. The van der Waals surface area contributed by atoms with E-state index in [4.69, 9.17) is 4.74 Å². The number of nitrogens with one attached hydrogen (secondary N) is 1. The van der Waals surface area contributed by atoms with Crippen LogP contribution in [0.3, 0.4) is 0 Å². The van der Waals surface area contributed by atoms with Crippen molar-refractivity contribution in [1.82, 2.24) is 4.90 Å². The third kappa shape index (κ3) is 4.72. The minimum atomic E-state index is -0.325. The first-order valence-corrected chi connectivity index (χ1v) is 10.4. The molecule has 0 aliphatic carbocycles. The molecule has 3 amide bonds. The lowest BCUT2D eigenvalue weighted by molar-refractivity contribution is 0.102. The van der Waals surface area contributed by atoms with Gasteiger partial charge in [0.05, 0.1) is 13.7 Å². The van der Waals surface area contributed by atoms with Gasteiger partial charge < -0.3 is 15.0 Å². The van der Waals surface area contributed by atoms with Gasteiger partial charge in [0.1, 0.15) is 11.6 Å². The lowest BCUT2D eigenvalue weighted by atomic mass is 10.1. The number of methoxy groups -OCH3 is 1. The first-order chi connectivity index (χ1) is 15.5. The number of halogens is 1. The average molecular weight is 433 g/mol. The second-order valence-electron chi connectivity index (χ2n) is 7.54. The van der Waals surface area contributed by atoms with Crippen LogP contribution in [0.4, 0.5) is 20.6 Å². The molecule has 0 aromatic heterocycles. The molecule has 32 heavy (non-hydrogen) atoms. The molecule has 1 fully saturated rings. The summed E-state index contributed by atoms with van der Waals surface area (Å²) in [7, 11) is 1.56. The molecular weight excluding hydrogens is 409 g/mol. The molecule has 3 aromatic rings. The van der Waals surface area contributed by atoms with Gasteiger partial charge in [-0.2, -0.15) is 0 Å². The summed E-state index contributed by atoms with van der Waals surface area (Å²) in [5.41, 5.74) is 2.16. The lowest BCUT2D eigenvalue weighted by Crippen LogP contribution is -2.49. The summed E-state index contributed by atoms with van der Waals surface area (Å²) >= 11 is 0. The first-order valence-electron chi connectivity index (χ1n) is 10.4. The minimum absolute atomic E-state index is 0.204. The second kappa shape index (κ2) is 9.51. The summed E-state index contributed by atoms with van der Waals surface area (Å²) in [5, 5.41) is 2.85. The number of nitrogens with zero attached hydrogens (tertiary/aromatic N) is 2. The molecule has 164 valence electrons. The maximum atomic E-state index is 14.1. The third-order valence-corrected chi connectivity index (χ3v) is 5.38. The molecule has 0 unspecified atom stereocenters. The fourth-order valence-electron chi connectivity index (χ4n) is 3.72. The van der Waals surface area contributed by atoms with Gasteiger partial charge in [-0.15, -0.1) is 0 Å². The smallest absolute Gasteiger partial charge is 0.324 e. The highest BCUT2D eigenvalue weighted by molar-refractivity contribution is 6.05. The number of carbonyl (C=O) groups excluding carboxylic acids is 2. The minimum Gasteiger partial charge on any atom is -0.497 e. The van der Waals surface area contributed by atoms with Crippen LogP contribution >= 0.6 is 0 Å². The van der Waals surface area contributed by atoms with Gasteiger partial charge in [-0.25, -0.2) is 9.18 Å². The molecule has 7 heteroatoms. The normalized spacial score (nSPS) is 13.8. The molecule has 1 heterocycles. The van der Waals surface area contributed by atoms with Crippen LogP contribution in [0.25, 0.3) is 0 Å². The van der Waals surface area contributed by atoms with Crippen molar-refractivity contribution in [2.75, 3.05) is 30.4 Å². The van der Waals surface area contributed by atoms with E-state index in [1.165, 1.54) is 6.07 Å². The predicted octanol–water partition coefficient (Wildman–Crippen LogP) is 4.92. The summed E-state index contributed by atoms with van der Waals surface area (Å²) in [6, 6.07) is 20.3. The molecule has 1 aliphatic rings. The van der Waals surface area contributed by atoms with Gasteiger partial charge in [0.25, 0.3) is 5.91 Å². The zero-order valence-corrected chi connectivity index (χ0v) is 17.8. The number of urea groups is 1. The van der Waals surface area contributed by atoms with E-state index in [1.807, 2.05) is 0 Å². The summed E-state index contributed by atoms with van der Waals surface area (Å²) in [4.78, 5) is 29.1. The van der Waals surface area contributed by atoms with Crippen molar-refractivity contribution in [3.63, 3.8) is 0 Å². The highest BCUT2D eigenvalue weighted by Gasteiger charge is 2.27. The van der Waals surface area contributed by atoms with Gasteiger partial charge in [-0.05, 0) is 42.8 Å². The van der Waals surface area contributed by atoms with Gasteiger partial charge in [0, 0.05) is 41.7 Å². The molecule has 1 N–H and O–H groups in total. The number of amides is 3. The highest BCUT2D eigenvalue weighted by Crippen LogP contribution is 2.24. The fourth-order valence-corrected chi connectivity index (χ4v) is 3.72. The highest BCUT2D eigenvalue weighted by atomic mass is 19.1. The maximum Gasteiger partial charge on any atom is 0.324 e. The summed E-state index contributed by atoms with van der Waals surface area (Å²) in [6.07, 6.45) is 0.750. The number of benzene rings is 3. The molecule has 1 saturated heterocycles. The standard InChI is InChI=1S/C25H24FN3O3/c1-32-22-11-5-9-20(16-22)27-24(30)18-8-4-10-21(15-18)29-14-6-13-28(25(29)31)17-19-7-2-3-12-23(19)26/h2-5,7-12,15-16H,6,13-14,17H2,1H3,(H,27,30). The molecule has 1 aliphatic heterocycles. The van der Waals surface area contributed by atoms with Crippen LogP contribution in [0.5, 0.6) is 5.75 Å². The van der Waals surface area contributed by atoms with Crippen LogP contribution in [0.15, 0.2) is 72.8 Å². The Labute approximate surface area is 186 Å². The van der Waals surface area contributed by atoms with Crippen molar-refractivity contribution in [3.8, 4) is 5.75 Å². The van der Waals surface area contributed by atoms with Gasteiger partial charge in [0.15, 0.2) is 0 Å². The number of anilines is 2. The van der Waals surface area contributed by atoms with E-state index in [0.29, 0.717) is 41.3 Å². The number of hydrogen-bond donors (Lipinski definition) is 1. The molecule has 0 spiro atoms. The van der Waals surface area contributed by atoms with Crippen molar-refractivity contribution in [3.05, 3.63) is 89.7 Å². The molecule has 4 rings (SSSR count). The Morgan fingerprint density at radius 2 is 1.84 bits per heavy atom. The monoisotopic (exact) mass is 433 g/mol. The summed E-state index contributed by atoms with van der Waals surface area (Å²) in [6.45, 7) is 1.30. The van der Waals surface area contributed by atoms with Crippen molar-refractivity contribution in [2.45, 2.75) is 13.0 Å². The van der Waals surface area contributed by atoms with Gasteiger partial charge in [0.2, 0.25) is 0 Å². The Bertz CT molecular complexity index is 1130. The zero-order valence-electron chi connectivity index (χ0n) is 17.8. The molecule has 3 aromatic carbocycles. The Kier molecular flexibility index (Phi) is 6.35. The lowest BCUT2D eigenvalue weighted by Gasteiger charge is -2.36. The average Bonchev–Trinajstić information content (AvgIpc) is 2.82. The van der Waals surface area contributed by atoms with E-state index >= 15 is 0 Å². The topological polar surface area (TPSA) is 61.9 Å². The van der Waals surface area contributed by atoms with Crippen molar-refractivity contribution in [2.24, 2.45) is 0 Å². The van der Waals surface area contributed by atoms with Gasteiger partial charge in [-0.1, -0.05) is 30.3 Å². The summed E-state index contributed by atoms with van der Waals surface area (Å²) < 4.78 is 19.2. The summed E-state index contributed by atoms with van der Waals surface area (Å²) in [5.74, 6) is 0.0341. The number of ether oxygens (including phenoxy) is 1. The number of rotatable bonds is 6. The molecular formula is C25H24FN3O3. The van der Waals surface area contributed by atoms with Crippen molar-refractivity contribution < 1.29 is 18.7 Å². The molecule has 0 radical (unpaired) electrons. The van der Waals surface area contributed by atoms with Gasteiger partial charge in [-0.3, -0.25) is 9.69 Å². The molecule has 0 atom stereocenters. The first kappa shape index (κ1) is 21.4. The van der Waals surface area contributed by atoms with Crippen LogP contribution in [0.1, 0.15) is 22.3 Å². The largest absolute Gasteiger partial charge is 0.497 e. The Balaban J connectivity index is 1.50. The number of carbonyl (C=O) groups is 2. The van der Waals surface area contributed by atoms with Crippen LogP contribution in [-0.4, -0.2) is 37.0 Å². The second-order valence-corrected chi connectivity index (χ2v) is 7.54. The van der Waals surface area contributed by atoms with Crippen molar-refractivity contribution >= 4 is 23.3 Å². The van der Waals surface area contributed by atoms with E-state index in [1.54, 1.807) is 83.6 Å². The van der Waals surface area contributed by atoms with Crippen LogP contribution in [-0.2, 0) is 6.54 Å². The molecule has 6 nitrogen and oxygen atoms in total. The molecule has 0 bridgehead atoms. The van der Waals surface area contributed by atoms with E-state index < -0.39 is 0 Å². The quantitative estimate of drug-likeness (QED) is 0.600. The van der Waals surface area contributed by atoms with Gasteiger partial charge >= 0.3 is 6.03 Å². The SMILES string of the molecule is COc1cccc(NC(=O)c2cccc(N3CCCN(Cc4ccccc4F)C3=O)c2)c1. The predicted molar refractivity (Wildman–Crippen MR) is 122 cm³/mol.